The molecule has 104 valence electrons. The van der Waals surface area contributed by atoms with Crippen LogP contribution < -0.4 is 0 Å². The fourth-order valence-corrected chi connectivity index (χ4v) is 3.90. The van der Waals surface area contributed by atoms with Crippen molar-refractivity contribution in [3.8, 4) is 5.75 Å². The minimum atomic E-state index is -3.03. The third kappa shape index (κ3) is 2.89. The van der Waals surface area contributed by atoms with Gasteiger partial charge < -0.3 is 10.0 Å². The van der Waals surface area contributed by atoms with Crippen LogP contribution in [0.1, 0.15) is 22.8 Å². The molecule has 5 nitrogen and oxygen atoms in total. The second-order valence-electron chi connectivity index (χ2n) is 4.96. The molecule has 0 saturated carbocycles. The summed E-state index contributed by atoms with van der Waals surface area (Å²) in [6.07, 6.45) is 0. The summed E-state index contributed by atoms with van der Waals surface area (Å²) in [6, 6.07) is 4.24. The Morgan fingerprint density at radius 2 is 2.11 bits per heavy atom. The van der Waals surface area contributed by atoms with E-state index in [-0.39, 0.29) is 35.7 Å². The zero-order chi connectivity index (χ0) is 14.2. The Balaban J connectivity index is 2.25. The van der Waals surface area contributed by atoms with Crippen LogP contribution in [-0.4, -0.2) is 48.4 Å². The van der Waals surface area contributed by atoms with Gasteiger partial charge in [0.2, 0.25) is 0 Å². The van der Waals surface area contributed by atoms with E-state index in [1.165, 1.54) is 12.1 Å². The summed E-state index contributed by atoms with van der Waals surface area (Å²) in [5, 5.41) is 9.35. The topological polar surface area (TPSA) is 74.7 Å². The van der Waals surface area contributed by atoms with Crippen molar-refractivity contribution >= 4 is 15.7 Å². The first-order valence-electron chi connectivity index (χ1n) is 6.11. The molecule has 2 rings (SSSR count). The lowest BCUT2D eigenvalue weighted by atomic mass is 10.1. The summed E-state index contributed by atoms with van der Waals surface area (Å²) in [7, 11) is -3.03. The monoisotopic (exact) mass is 283 g/mol. The number of hydrogen-bond donors (Lipinski definition) is 1. The maximum absolute atomic E-state index is 12.4. The number of amides is 1. The van der Waals surface area contributed by atoms with Crippen molar-refractivity contribution < 1.29 is 18.3 Å². The van der Waals surface area contributed by atoms with E-state index in [4.69, 9.17) is 0 Å². The number of aryl methyl sites for hydroxylation is 1. The first-order chi connectivity index (χ1) is 8.80. The third-order valence-corrected chi connectivity index (χ3v) is 5.17. The van der Waals surface area contributed by atoms with Crippen molar-refractivity contribution in [3.05, 3.63) is 29.3 Å². The highest BCUT2D eigenvalue weighted by molar-refractivity contribution is 7.91. The number of phenolic OH excluding ortho intramolecular Hbond substituents is 1. The summed E-state index contributed by atoms with van der Waals surface area (Å²) >= 11 is 0. The van der Waals surface area contributed by atoms with Gasteiger partial charge in [-0.2, -0.15) is 0 Å². The summed E-state index contributed by atoms with van der Waals surface area (Å²) in [5.41, 5.74) is 1.19. The average molecular weight is 283 g/mol. The number of hydrogen-bond acceptors (Lipinski definition) is 4. The van der Waals surface area contributed by atoms with Crippen molar-refractivity contribution in [1.29, 1.82) is 0 Å². The molecule has 0 aromatic heterocycles. The van der Waals surface area contributed by atoms with E-state index >= 15 is 0 Å². The lowest BCUT2D eigenvalue weighted by molar-refractivity contribution is 0.0712. The lowest BCUT2D eigenvalue weighted by Crippen LogP contribution is -2.49. The molecule has 1 aliphatic rings. The lowest BCUT2D eigenvalue weighted by Gasteiger charge is -2.33. The van der Waals surface area contributed by atoms with Crippen LogP contribution in [0.25, 0.3) is 0 Å². The Hall–Kier alpha value is -1.56. The molecule has 1 atom stereocenters. The van der Waals surface area contributed by atoms with Crippen molar-refractivity contribution in [2.75, 3.05) is 18.1 Å². The van der Waals surface area contributed by atoms with Gasteiger partial charge in [-0.05, 0) is 37.6 Å². The first kappa shape index (κ1) is 13.9. The number of benzene rings is 1. The Labute approximate surface area is 112 Å². The number of aromatic hydroxyl groups is 1. The van der Waals surface area contributed by atoms with Gasteiger partial charge >= 0.3 is 0 Å². The molecule has 0 spiro atoms. The molecule has 1 heterocycles. The minimum Gasteiger partial charge on any atom is -0.508 e. The van der Waals surface area contributed by atoms with E-state index in [0.717, 1.165) is 0 Å². The third-order valence-electron chi connectivity index (χ3n) is 3.37. The quantitative estimate of drug-likeness (QED) is 0.833. The van der Waals surface area contributed by atoms with Crippen LogP contribution in [0.2, 0.25) is 0 Å². The van der Waals surface area contributed by atoms with Gasteiger partial charge in [-0.3, -0.25) is 4.79 Å². The molecule has 0 radical (unpaired) electrons. The first-order valence-corrected chi connectivity index (χ1v) is 7.93. The zero-order valence-electron chi connectivity index (χ0n) is 11.0. The van der Waals surface area contributed by atoms with Gasteiger partial charge in [0.15, 0.2) is 9.84 Å². The SMILES string of the molecule is Cc1cc(O)ccc1C(=O)N1CCS(=O)(=O)CC1C. The van der Waals surface area contributed by atoms with Gasteiger partial charge in [-0.15, -0.1) is 0 Å². The molecule has 19 heavy (non-hydrogen) atoms. The van der Waals surface area contributed by atoms with Crippen molar-refractivity contribution in [1.82, 2.24) is 4.90 Å². The van der Waals surface area contributed by atoms with Crippen molar-refractivity contribution in [2.45, 2.75) is 19.9 Å². The predicted molar refractivity (Wildman–Crippen MR) is 72.0 cm³/mol. The molecule has 0 bridgehead atoms. The second kappa shape index (κ2) is 4.85. The van der Waals surface area contributed by atoms with Gasteiger partial charge in [0.1, 0.15) is 5.75 Å². The number of phenols is 1. The van der Waals surface area contributed by atoms with Crippen LogP contribution >= 0.6 is 0 Å². The van der Waals surface area contributed by atoms with Crippen LogP contribution in [0.5, 0.6) is 5.75 Å². The predicted octanol–water partition coefficient (Wildman–Crippen LogP) is 0.960. The van der Waals surface area contributed by atoms with E-state index in [1.54, 1.807) is 24.8 Å². The smallest absolute Gasteiger partial charge is 0.254 e. The van der Waals surface area contributed by atoms with Gasteiger partial charge in [0.05, 0.1) is 11.5 Å². The molecular formula is C13H17NO4S. The van der Waals surface area contributed by atoms with Gasteiger partial charge in [-0.25, -0.2) is 8.42 Å². The molecule has 1 aromatic rings. The Morgan fingerprint density at radius 1 is 1.42 bits per heavy atom. The van der Waals surface area contributed by atoms with E-state index < -0.39 is 9.84 Å². The second-order valence-corrected chi connectivity index (χ2v) is 7.19. The molecule has 6 heteroatoms. The number of carbonyl (C=O) groups is 1. The standard InChI is InChI=1S/C13H17NO4S/c1-9-7-11(15)3-4-12(9)13(16)14-5-6-19(17,18)8-10(14)2/h3-4,7,10,15H,5-6,8H2,1-2H3. The molecule has 0 aliphatic carbocycles. The van der Waals surface area contributed by atoms with Crippen LogP contribution in [0.4, 0.5) is 0 Å². The summed E-state index contributed by atoms with van der Waals surface area (Å²) in [5.74, 6) is -0.0426. The van der Waals surface area contributed by atoms with Crippen molar-refractivity contribution in [2.24, 2.45) is 0 Å². The molecule has 1 unspecified atom stereocenters. The largest absolute Gasteiger partial charge is 0.508 e. The highest BCUT2D eigenvalue weighted by atomic mass is 32.2. The van der Waals surface area contributed by atoms with Gasteiger partial charge in [0.25, 0.3) is 5.91 Å². The number of carbonyl (C=O) groups excluding carboxylic acids is 1. The number of sulfone groups is 1. The molecule has 1 aromatic carbocycles. The van der Waals surface area contributed by atoms with Gasteiger partial charge in [-0.1, -0.05) is 0 Å². The fraction of sp³-hybridized carbons (Fsp3) is 0.462. The Kier molecular flexibility index (Phi) is 3.54. The van der Waals surface area contributed by atoms with E-state index in [0.29, 0.717) is 11.1 Å². The zero-order valence-corrected chi connectivity index (χ0v) is 11.8. The normalized spacial score (nSPS) is 22.2. The molecule has 1 N–H and O–H groups in total. The Morgan fingerprint density at radius 3 is 2.68 bits per heavy atom. The molecule has 1 aliphatic heterocycles. The molecule has 1 amide bonds. The summed E-state index contributed by atoms with van der Waals surface area (Å²) in [4.78, 5) is 14.0. The highest BCUT2D eigenvalue weighted by Gasteiger charge is 2.32. The van der Waals surface area contributed by atoms with Crippen LogP contribution in [0, 0.1) is 6.92 Å². The van der Waals surface area contributed by atoms with Crippen molar-refractivity contribution in [3.63, 3.8) is 0 Å². The van der Waals surface area contributed by atoms with E-state index in [2.05, 4.69) is 0 Å². The minimum absolute atomic E-state index is 0.00979. The molecule has 1 saturated heterocycles. The van der Waals surface area contributed by atoms with E-state index in [9.17, 15) is 18.3 Å². The Bertz CT molecular complexity index is 609. The number of nitrogens with zero attached hydrogens (tertiary/aromatic N) is 1. The maximum atomic E-state index is 12.4. The van der Waals surface area contributed by atoms with Crippen LogP contribution in [0.15, 0.2) is 18.2 Å². The number of rotatable bonds is 1. The maximum Gasteiger partial charge on any atom is 0.254 e. The highest BCUT2D eigenvalue weighted by Crippen LogP contribution is 2.20. The average Bonchev–Trinajstić information content (AvgIpc) is 2.26. The fourth-order valence-electron chi connectivity index (χ4n) is 2.34. The summed E-state index contributed by atoms with van der Waals surface area (Å²) in [6.45, 7) is 3.71. The van der Waals surface area contributed by atoms with E-state index in [1.807, 2.05) is 0 Å². The van der Waals surface area contributed by atoms with Gasteiger partial charge in [0, 0.05) is 18.2 Å². The molecular weight excluding hydrogens is 266 g/mol. The summed E-state index contributed by atoms with van der Waals surface area (Å²) < 4.78 is 23.0. The molecule has 1 fully saturated rings. The van der Waals surface area contributed by atoms with Crippen LogP contribution in [0.3, 0.4) is 0 Å². The van der Waals surface area contributed by atoms with Crippen LogP contribution in [-0.2, 0) is 9.84 Å².